The molecule has 1 rings (SSSR count). The molecular weight excluding hydrogens is 149 g/mol. The molecule has 0 amide bonds. The van der Waals surface area contributed by atoms with Gasteiger partial charge >= 0.3 is 29.6 Å². The van der Waals surface area contributed by atoms with Crippen molar-refractivity contribution in [2.24, 2.45) is 0 Å². The fraction of sp³-hybridized carbons (Fsp3) is 0. The van der Waals surface area contributed by atoms with E-state index in [2.05, 4.69) is 9.97 Å². The maximum atomic E-state index is 5.23. The van der Waals surface area contributed by atoms with Crippen LogP contribution in [0.15, 0.2) is 18.7 Å². The summed E-state index contributed by atoms with van der Waals surface area (Å²) < 4.78 is 0. The maximum Gasteiger partial charge on any atom is 1.00 e. The van der Waals surface area contributed by atoms with E-state index in [1.165, 1.54) is 6.33 Å². The molecular formula is C4H5ClN3Na. The van der Waals surface area contributed by atoms with Crippen LogP contribution < -0.4 is 47.7 Å². The molecule has 0 fully saturated rings. The molecule has 0 atom stereocenters. The predicted molar refractivity (Wildman–Crippen MR) is 26.4 cm³/mol. The summed E-state index contributed by atoms with van der Waals surface area (Å²) in [4.78, 5) is 7.30. The Hall–Kier alpha value is 0.170. The monoisotopic (exact) mass is 153 g/mol. The number of nitrogens with two attached hydrogens (primary N) is 1. The normalized spacial score (nSPS) is 6.67. The van der Waals surface area contributed by atoms with E-state index in [0.717, 1.165) is 0 Å². The summed E-state index contributed by atoms with van der Waals surface area (Å²) in [6, 6.07) is 0. The molecule has 5 heteroatoms. The standard InChI is InChI=1S/C4H5N3.ClH.Na/c5-4-1-6-3-7-2-4;;/h1-3H,5H2;1H;/q;;+1/p-1. The molecule has 1 aromatic rings. The van der Waals surface area contributed by atoms with Crippen LogP contribution in [0.4, 0.5) is 5.69 Å². The van der Waals surface area contributed by atoms with Crippen molar-refractivity contribution < 1.29 is 42.0 Å². The molecule has 0 aliphatic heterocycles. The molecule has 0 aliphatic carbocycles. The van der Waals surface area contributed by atoms with Gasteiger partial charge in [0.25, 0.3) is 0 Å². The number of rotatable bonds is 0. The van der Waals surface area contributed by atoms with Crippen molar-refractivity contribution in [2.75, 3.05) is 5.73 Å². The Morgan fingerprint density at radius 1 is 1.22 bits per heavy atom. The van der Waals surface area contributed by atoms with Crippen molar-refractivity contribution in [3.05, 3.63) is 18.7 Å². The van der Waals surface area contributed by atoms with Crippen LogP contribution in [0.1, 0.15) is 0 Å². The van der Waals surface area contributed by atoms with Crippen LogP contribution >= 0.6 is 0 Å². The first-order valence-corrected chi connectivity index (χ1v) is 1.90. The van der Waals surface area contributed by atoms with Gasteiger partial charge in [0.05, 0.1) is 18.1 Å². The van der Waals surface area contributed by atoms with Crippen LogP contribution in [-0.4, -0.2) is 9.97 Å². The van der Waals surface area contributed by atoms with E-state index < -0.39 is 0 Å². The zero-order valence-electron chi connectivity index (χ0n) is 5.08. The fourth-order valence-corrected chi connectivity index (χ4v) is 0.311. The first-order valence-electron chi connectivity index (χ1n) is 1.90. The summed E-state index contributed by atoms with van der Waals surface area (Å²) in [6.07, 6.45) is 4.54. The summed E-state index contributed by atoms with van der Waals surface area (Å²) in [5, 5.41) is 0. The third-order valence-corrected chi connectivity index (χ3v) is 0.581. The van der Waals surface area contributed by atoms with Crippen LogP contribution in [0.2, 0.25) is 0 Å². The van der Waals surface area contributed by atoms with Crippen LogP contribution in [-0.2, 0) is 0 Å². The van der Waals surface area contributed by atoms with E-state index in [0.29, 0.717) is 5.69 Å². The summed E-state index contributed by atoms with van der Waals surface area (Å²) in [5.41, 5.74) is 5.83. The number of anilines is 1. The number of nitrogens with zero attached hydrogens (tertiary/aromatic N) is 2. The van der Waals surface area contributed by atoms with Crippen molar-refractivity contribution >= 4 is 5.69 Å². The topological polar surface area (TPSA) is 51.8 Å². The minimum absolute atomic E-state index is 0. The molecule has 0 saturated carbocycles. The predicted octanol–water partition coefficient (Wildman–Crippen LogP) is -5.93. The quantitative estimate of drug-likeness (QED) is 0.378. The van der Waals surface area contributed by atoms with E-state index in [4.69, 9.17) is 5.73 Å². The van der Waals surface area contributed by atoms with Gasteiger partial charge < -0.3 is 18.1 Å². The van der Waals surface area contributed by atoms with Crippen molar-refractivity contribution in [1.82, 2.24) is 9.97 Å². The van der Waals surface area contributed by atoms with Crippen LogP contribution in [0.3, 0.4) is 0 Å². The number of halogens is 1. The molecule has 0 aliphatic rings. The molecule has 0 bridgehead atoms. The maximum absolute atomic E-state index is 5.23. The Kier molecular flexibility index (Phi) is 8.32. The summed E-state index contributed by atoms with van der Waals surface area (Å²) in [6.45, 7) is 0. The summed E-state index contributed by atoms with van der Waals surface area (Å²) >= 11 is 0. The fourth-order valence-electron chi connectivity index (χ4n) is 0.311. The first kappa shape index (κ1) is 11.9. The third-order valence-electron chi connectivity index (χ3n) is 0.581. The smallest absolute Gasteiger partial charge is 1.00 e. The number of nitrogen functional groups attached to an aromatic ring is 1. The average Bonchev–Trinajstić information content (AvgIpc) is 1.69. The van der Waals surface area contributed by atoms with Gasteiger partial charge in [0.2, 0.25) is 0 Å². The van der Waals surface area contributed by atoms with E-state index in [9.17, 15) is 0 Å². The molecule has 0 aromatic carbocycles. The van der Waals surface area contributed by atoms with Gasteiger partial charge in [-0.2, -0.15) is 0 Å². The van der Waals surface area contributed by atoms with E-state index >= 15 is 0 Å². The average molecular weight is 154 g/mol. The third kappa shape index (κ3) is 4.66. The van der Waals surface area contributed by atoms with Crippen molar-refractivity contribution in [3.63, 3.8) is 0 Å². The largest absolute Gasteiger partial charge is 1.00 e. The van der Waals surface area contributed by atoms with Gasteiger partial charge in [-0.25, -0.2) is 9.97 Å². The molecule has 1 heterocycles. The summed E-state index contributed by atoms with van der Waals surface area (Å²) in [7, 11) is 0. The molecule has 0 unspecified atom stereocenters. The molecule has 0 radical (unpaired) electrons. The molecule has 1 aromatic heterocycles. The Morgan fingerprint density at radius 3 is 1.89 bits per heavy atom. The number of hydrogen-bond donors (Lipinski definition) is 1. The summed E-state index contributed by atoms with van der Waals surface area (Å²) in [5.74, 6) is 0. The van der Waals surface area contributed by atoms with Gasteiger partial charge in [-0.3, -0.25) is 0 Å². The van der Waals surface area contributed by atoms with Crippen molar-refractivity contribution in [1.29, 1.82) is 0 Å². The van der Waals surface area contributed by atoms with E-state index in [-0.39, 0.29) is 42.0 Å². The zero-order valence-corrected chi connectivity index (χ0v) is 7.84. The van der Waals surface area contributed by atoms with Crippen LogP contribution in [0.25, 0.3) is 0 Å². The number of hydrogen-bond acceptors (Lipinski definition) is 3. The van der Waals surface area contributed by atoms with E-state index in [1.807, 2.05) is 0 Å². The van der Waals surface area contributed by atoms with Gasteiger partial charge in [0, 0.05) is 0 Å². The zero-order chi connectivity index (χ0) is 5.11. The van der Waals surface area contributed by atoms with Gasteiger partial charge in [0.15, 0.2) is 0 Å². The molecule has 9 heavy (non-hydrogen) atoms. The van der Waals surface area contributed by atoms with Gasteiger partial charge in [-0.05, 0) is 0 Å². The van der Waals surface area contributed by atoms with Crippen LogP contribution in [0, 0.1) is 0 Å². The number of aromatic nitrogens is 2. The molecule has 0 spiro atoms. The Labute approximate surface area is 81.8 Å². The van der Waals surface area contributed by atoms with Gasteiger partial charge in [-0.1, -0.05) is 0 Å². The van der Waals surface area contributed by atoms with E-state index in [1.54, 1.807) is 12.4 Å². The van der Waals surface area contributed by atoms with Crippen molar-refractivity contribution in [3.8, 4) is 0 Å². The second-order valence-electron chi connectivity index (χ2n) is 1.17. The van der Waals surface area contributed by atoms with Crippen LogP contribution in [0.5, 0.6) is 0 Å². The van der Waals surface area contributed by atoms with Gasteiger partial charge in [0.1, 0.15) is 6.33 Å². The SMILES string of the molecule is Nc1cncnc1.[Cl-].[Na+]. The molecule has 3 nitrogen and oxygen atoms in total. The second kappa shape index (κ2) is 6.29. The second-order valence-corrected chi connectivity index (χ2v) is 1.17. The minimum atomic E-state index is 0. The molecule has 0 saturated heterocycles. The Bertz CT molecular complexity index is 146. The Balaban J connectivity index is 0. The minimum Gasteiger partial charge on any atom is -1.00 e. The molecule has 44 valence electrons. The Morgan fingerprint density at radius 2 is 1.67 bits per heavy atom. The molecule has 2 N–H and O–H groups in total. The first-order chi connectivity index (χ1) is 3.39. The van der Waals surface area contributed by atoms with Gasteiger partial charge in [-0.15, -0.1) is 0 Å². The van der Waals surface area contributed by atoms with Crippen molar-refractivity contribution in [2.45, 2.75) is 0 Å².